The van der Waals surface area contributed by atoms with Gasteiger partial charge < -0.3 is 9.64 Å². The molecule has 2 aromatic rings. The number of thioether (sulfide) groups is 1. The van der Waals surface area contributed by atoms with Crippen LogP contribution in [-0.4, -0.2) is 36.2 Å². The Balaban J connectivity index is 2.13. The van der Waals surface area contributed by atoms with Gasteiger partial charge in [0.2, 0.25) is 0 Å². The number of amides is 1. The van der Waals surface area contributed by atoms with Crippen molar-refractivity contribution in [2.24, 2.45) is 0 Å². The van der Waals surface area contributed by atoms with Gasteiger partial charge in [0.25, 0.3) is 5.91 Å². The van der Waals surface area contributed by atoms with Crippen LogP contribution in [0.2, 0.25) is 0 Å². The number of carbonyl (C=O) groups is 2. The van der Waals surface area contributed by atoms with Crippen molar-refractivity contribution >= 4 is 23.6 Å². The molecule has 0 heterocycles. The molecule has 1 unspecified atom stereocenters. The summed E-state index contributed by atoms with van der Waals surface area (Å²) in [6.45, 7) is 4.43. The number of aryl methyl sites for hydroxylation is 1. The van der Waals surface area contributed by atoms with Crippen LogP contribution in [0.25, 0.3) is 0 Å². The van der Waals surface area contributed by atoms with Gasteiger partial charge in [-0.3, -0.25) is 9.59 Å². The highest BCUT2D eigenvalue weighted by Crippen LogP contribution is 2.28. The lowest BCUT2D eigenvalue weighted by Gasteiger charge is -2.20. The Bertz CT molecular complexity index is 758. The number of ether oxygens (including phenoxy) is 1. The van der Waals surface area contributed by atoms with E-state index in [1.54, 1.807) is 24.9 Å². The highest BCUT2D eigenvalue weighted by Gasteiger charge is 2.20. The molecule has 0 radical (unpaired) electrons. The fourth-order valence-corrected chi connectivity index (χ4v) is 3.60. The van der Waals surface area contributed by atoms with E-state index in [4.69, 9.17) is 4.74 Å². The third-order valence-corrected chi connectivity index (χ3v) is 5.31. The second-order valence-corrected chi connectivity index (χ2v) is 7.49. The molecule has 0 saturated carbocycles. The monoisotopic (exact) mass is 371 g/mol. The molecule has 0 aliphatic carbocycles. The lowest BCUT2D eigenvalue weighted by molar-refractivity contribution is -0.139. The van der Waals surface area contributed by atoms with Crippen LogP contribution in [0.1, 0.15) is 35.3 Å². The standard InChI is InChI=1S/C21H25NO3S/c1-5-16-10-12-17(13-11-16)14-22(3)20(23)18-8-6-7-9-19(18)26-15(2)21(24)25-4/h6-13,15H,5,14H2,1-4H3. The lowest BCUT2D eigenvalue weighted by atomic mass is 10.1. The van der Waals surface area contributed by atoms with Gasteiger partial charge in [-0.25, -0.2) is 0 Å². The van der Waals surface area contributed by atoms with Gasteiger partial charge in [0, 0.05) is 18.5 Å². The Morgan fingerprint density at radius 1 is 1.08 bits per heavy atom. The van der Waals surface area contributed by atoms with E-state index in [2.05, 4.69) is 31.2 Å². The molecule has 1 amide bonds. The molecule has 26 heavy (non-hydrogen) atoms. The summed E-state index contributed by atoms with van der Waals surface area (Å²) in [5, 5.41) is -0.374. The Labute approximate surface area is 159 Å². The van der Waals surface area contributed by atoms with Gasteiger partial charge in [0.15, 0.2) is 0 Å². The number of hydrogen-bond donors (Lipinski definition) is 0. The number of rotatable bonds is 7. The molecule has 138 valence electrons. The van der Waals surface area contributed by atoms with Gasteiger partial charge in [-0.15, -0.1) is 11.8 Å². The molecule has 0 spiro atoms. The van der Waals surface area contributed by atoms with Gasteiger partial charge in [-0.05, 0) is 36.6 Å². The van der Waals surface area contributed by atoms with Crippen molar-refractivity contribution in [3.8, 4) is 0 Å². The van der Waals surface area contributed by atoms with Crippen LogP contribution in [0, 0.1) is 0 Å². The van der Waals surface area contributed by atoms with Crippen molar-refractivity contribution in [1.82, 2.24) is 4.90 Å². The highest BCUT2D eigenvalue weighted by molar-refractivity contribution is 8.00. The topological polar surface area (TPSA) is 46.6 Å². The van der Waals surface area contributed by atoms with Crippen molar-refractivity contribution in [2.75, 3.05) is 14.2 Å². The quantitative estimate of drug-likeness (QED) is 0.541. The zero-order chi connectivity index (χ0) is 19.1. The SMILES string of the molecule is CCc1ccc(CN(C)C(=O)c2ccccc2SC(C)C(=O)OC)cc1. The van der Waals surface area contributed by atoms with Crippen molar-refractivity contribution in [2.45, 2.75) is 37.0 Å². The third kappa shape index (κ3) is 5.11. The number of esters is 1. The largest absolute Gasteiger partial charge is 0.468 e. The van der Waals surface area contributed by atoms with Gasteiger partial charge in [-0.2, -0.15) is 0 Å². The summed E-state index contributed by atoms with van der Waals surface area (Å²) >= 11 is 1.34. The first-order valence-corrected chi connectivity index (χ1v) is 9.51. The average Bonchev–Trinajstić information content (AvgIpc) is 2.67. The summed E-state index contributed by atoms with van der Waals surface area (Å²) in [5.74, 6) is -0.369. The predicted molar refractivity (Wildman–Crippen MR) is 105 cm³/mol. The molecule has 2 aromatic carbocycles. The molecule has 0 aromatic heterocycles. The minimum atomic E-state index is -0.374. The van der Waals surface area contributed by atoms with Crippen molar-refractivity contribution in [3.63, 3.8) is 0 Å². The predicted octanol–water partition coefficient (Wildman–Crippen LogP) is 4.17. The van der Waals surface area contributed by atoms with Crippen molar-refractivity contribution in [3.05, 3.63) is 65.2 Å². The number of benzene rings is 2. The van der Waals surface area contributed by atoms with E-state index in [1.807, 2.05) is 18.2 Å². The molecule has 0 aliphatic rings. The molecule has 0 fully saturated rings. The van der Waals surface area contributed by atoms with E-state index in [0.717, 1.165) is 16.9 Å². The van der Waals surface area contributed by atoms with Crippen LogP contribution < -0.4 is 0 Å². The fraction of sp³-hybridized carbons (Fsp3) is 0.333. The first-order valence-electron chi connectivity index (χ1n) is 8.63. The minimum absolute atomic E-state index is 0.0651. The summed E-state index contributed by atoms with van der Waals surface area (Å²) in [5.41, 5.74) is 2.97. The van der Waals surface area contributed by atoms with Crippen molar-refractivity contribution < 1.29 is 14.3 Å². The number of carbonyl (C=O) groups excluding carboxylic acids is 2. The highest BCUT2D eigenvalue weighted by atomic mass is 32.2. The van der Waals surface area contributed by atoms with E-state index in [1.165, 1.54) is 24.4 Å². The molecular weight excluding hydrogens is 346 g/mol. The molecule has 0 aliphatic heterocycles. The fourth-order valence-electron chi connectivity index (χ4n) is 2.58. The Morgan fingerprint density at radius 2 is 1.69 bits per heavy atom. The minimum Gasteiger partial charge on any atom is -0.468 e. The third-order valence-electron chi connectivity index (χ3n) is 4.15. The summed E-state index contributed by atoms with van der Waals surface area (Å²) < 4.78 is 4.77. The molecule has 0 N–H and O–H groups in total. The van der Waals surface area contributed by atoms with Gasteiger partial charge in [0.1, 0.15) is 5.25 Å². The van der Waals surface area contributed by atoms with Crippen LogP contribution in [0.15, 0.2) is 53.4 Å². The summed E-state index contributed by atoms with van der Waals surface area (Å²) in [6, 6.07) is 15.7. The summed E-state index contributed by atoms with van der Waals surface area (Å²) in [7, 11) is 3.16. The van der Waals surface area contributed by atoms with Gasteiger partial charge in [0.05, 0.1) is 12.7 Å². The number of methoxy groups -OCH3 is 1. The smallest absolute Gasteiger partial charge is 0.318 e. The molecule has 1 atom stereocenters. The molecular formula is C21H25NO3S. The van der Waals surface area contributed by atoms with E-state index in [-0.39, 0.29) is 17.1 Å². The van der Waals surface area contributed by atoms with E-state index in [9.17, 15) is 9.59 Å². The zero-order valence-corrected chi connectivity index (χ0v) is 16.5. The van der Waals surface area contributed by atoms with Crippen LogP contribution in [0.3, 0.4) is 0 Å². The molecule has 0 bridgehead atoms. The maximum absolute atomic E-state index is 12.9. The van der Waals surface area contributed by atoms with Crippen LogP contribution >= 0.6 is 11.8 Å². The Kier molecular flexibility index (Phi) is 7.27. The maximum Gasteiger partial charge on any atom is 0.318 e. The lowest BCUT2D eigenvalue weighted by Crippen LogP contribution is -2.27. The van der Waals surface area contributed by atoms with Crippen LogP contribution in [0.4, 0.5) is 0 Å². The summed E-state index contributed by atoms with van der Waals surface area (Å²) in [6.07, 6.45) is 0.998. The van der Waals surface area contributed by atoms with Gasteiger partial charge in [-0.1, -0.05) is 43.3 Å². The molecule has 0 saturated heterocycles. The van der Waals surface area contributed by atoms with E-state index < -0.39 is 0 Å². The number of nitrogens with zero attached hydrogens (tertiary/aromatic N) is 1. The van der Waals surface area contributed by atoms with Crippen molar-refractivity contribution in [1.29, 1.82) is 0 Å². The molecule has 2 rings (SSSR count). The van der Waals surface area contributed by atoms with E-state index >= 15 is 0 Å². The molecule has 4 nitrogen and oxygen atoms in total. The van der Waals surface area contributed by atoms with Crippen LogP contribution in [-0.2, 0) is 22.5 Å². The van der Waals surface area contributed by atoms with Crippen LogP contribution in [0.5, 0.6) is 0 Å². The number of hydrogen-bond acceptors (Lipinski definition) is 4. The van der Waals surface area contributed by atoms with E-state index in [0.29, 0.717) is 12.1 Å². The normalized spacial score (nSPS) is 11.7. The Morgan fingerprint density at radius 3 is 2.31 bits per heavy atom. The summed E-state index contributed by atoms with van der Waals surface area (Å²) in [4.78, 5) is 27.1. The second-order valence-electron chi connectivity index (χ2n) is 6.11. The first-order chi connectivity index (χ1) is 12.5. The Hall–Kier alpha value is -2.27. The zero-order valence-electron chi connectivity index (χ0n) is 15.7. The maximum atomic E-state index is 12.9. The second kappa shape index (κ2) is 9.43. The first kappa shape index (κ1) is 20.0. The molecule has 5 heteroatoms. The average molecular weight is 372 g/mol. The van der Waals surface area contributed by atoms with Gasteiger partial charge >= 0.3 is 5.97 Å².